The van der Waals surface area contributed by atoms with E-state index in [4.69, 9.17) is 10.5 Å². The molecule has 0 saturated heterocycles. The second-order valence-electron chi connectivity index (χ2n) is 5.05. The van der Waals surface area contributed by atoms with Crippen molar-refractivity contribution < 1.29 is 9.53 Å². The molecule has 1 aromatic rings. The van der Waals surface area contributed by atoms with Crippen molar-refractivity contribution >= 4 is 11.8 Å². The molecule has 1 aromatic heterocycles. The van der Waals surface area contributed by atoms with Crippen molar-refractivity contribution in [2.75, 3.05) is 12.3 Å². The van der Waals surface area contributed by atoms with Gasteiger partial charge in [-0.1, -0.05) is 5.92 Å². The van der Waals surface area contributed by atoms with Gasteiger partial charge in [-0.25, -0.2) is 9.78 Å². The van der Waals surface area contributed by atoms with Gasteiger partial charge in [-0.05, 0) is 45.7 Å². The van der Waals surface area contributed by atoms with Gasteiger partial charge in [0.2, 0.25) is 0 Å². The van der Waals surface area contributed by atoms with Gasteiger partial charge in [0, 0.05) is 5.69 Å². The minimum Gasteiger partial charge on any atom is -0.444 e. The number of pyridine rings is 1. The maximum atomic E-state index is 11.3. The van der Waals surface area contributed by atoms with Crippen LogP contribution in [-0.2, 0) is 4.74 Å². The molecule has 0 spiro atoms. The molecule has 0 aliphatic heterocycles. The van der Waals surface area contributed by atoms with E-state index in [0.717, 1.165) is 5.69 Å². The lowest BCUT2D eigenvalue weighted by molar-refractivity contribution is 0.0535. The molecule has 0 aliphatic rings. The molecule has 0 radical (unpaired) electrons. The number of alkyl carbamates (subject to hydrolysis) is 1. The van der Waals surface area contributed by atoms with E-state index in [2.05, 4.69) is 22.1 Å². The second-order valence-corrected chi connectivity index (χ2v) is 5.05. The minimum absolute atomic E-state index is 0.184. The molecule has 0 saturated carbocycles. The number of carbonyl (C=O) groups excluding carboxylic acids is 1. The first-order valence-electron chi connectivity index (χ1n) is 5.97. The first-order valence-corrected chi connectivity index (χ1v) is 5.97. The Morgan fingerprint density at radius 2 is 2.16 bits per heavy atom. The summed E-state index contributed by atoms with van der Waals surface area (Å²) in [6.45, 7) is 7.45. The summed E-state index contributed by atoms with van der Waals surface area (Å²) < 4.78 is 5.07. The van der Waals surface area contributed by atoms with Crippen molar-refractivity contribution in [1.29, 1.82) is 0 Å². The van der Waals surface area contributed by atoms with E-state index in [9.17, 15) is 4.79 Å². The summed E-state index contributed by atoms with van der Waals surface area (Å²) >= 11 is 0. The van der Waals surface area contributed by atoms with Gasteiger partial charge in [-0.3, -0.25) is 0 Å². The fourth-order valence-corrected chi connectivity index (χ4v) is 1.23. The normalized spacial score (nSPS) is 10.3. The lowest BCUT2D eigenvalue weighted by Crippen LogP contribution is -2.32. The lowest BCUT2D eigenvalue weighted by Gasteiger charge is -2.18. The summed E-state index contributed by atoms with van der Waals surface area (Å²) in [5.74, 6) is 5.60. The number of aryl methyl sites for hydroxylation is 1. The predicted octanol–water partition coefficient (Wildman–Crippen LogP) is 1.85. The highest BCUT2D eigenvalue weighted by molar-refractivity contribution is 5.68. The monoisotopic (exact) mass is 261 g/mol. The van der Waals surface area contributed by atoms with Crippen LogP contribution in [0.3, 0.4) is 0 Å². The zero-order valence-electron chi connectivity index (χ0n) is 11.7. The van der Waals surface area contributed by atoms with Gasteiger partial charge in [0.05, 0.1) is 12.2 Å². The number of nitrogens with two attached hydrogens (primary N) is 1. The highest BCUT2D eigenvalue weighted by Gasteiger charge is 2.14. The average Bonchev–Trinajstić information content (AvgIpc) is 2.26. The van der Waals surface area contributed by atoms with Gasteiger partial charge in [-0.15, -0.1) is 0 Å². The highest BCUT2D eigenvalue weighted by atomic mass is 16.6. The summed E-state index contributed by atoms with van der Waals surface area (Å²) in [5, 5.41) is 2.54. The molecular formula is C14H19N3O2. The van der Waals surface area contributed by atoms with Crippen LogP contribution >= 0.6 is 0 Å². The number of nitrogen functional groups attached to an aromatic ring is 1. The van der Waals surface area contributed by atoms with Crippen LogP contribution in [0.15, 0.2) is 12.1 Å². The Kier molecular flexibility index (Phi) is 4.76. The van der Waals surface area contributed by atoms with Crippen LogP contribution in [-0.4, -0.2) is 23.2 Å². The molecule has 0 bridgehead atoms. The number of rotatable bonds is 1. The van der Waals surface area contributed by atoms with Crippen LogP contribution < -0.4 is 11.1 Å². The van der Waals surface area contributed by atoms with Crippen molar-refractivity contribution in [2.24, 2.45) is 0 Å². The first-order chi connectivity index (χ1) is 8.78. The highest BCUT2D eigenvalue weighted by Crippen LogP contribution is 2.07. The van der Waals surface area contributed by atoms with Crippen molar-refractivity contribution in [3.05, 3.63) is 23.5 Å². The Balaban J connectivity index is 2.52. The van der Waals surface area contributed by atoms with Crippen LogP contribution in [0.2, 0.25) is 0 Å². The number of nitrogens with one attached hydrogen (secondary N) is 1. The van der Waals surface area contributed by atoms with Crippen LogP contribution in [0.4, 0.5) is 10.5 Å². The molecule has 102 valence electrons. The van der Waals surface area contributed by atoms with E-state index in [1.165, 1.54) is 0 Å². The van der Waals surface area contributed by atoms with Crippen molar-refractivity contribution in [1.82, 2.24) is 10.3 Å². The van der Waals surface area contributed by atoms with Crippen molar-refractivity contribution in [2.45, 2.75) is 33.3 Å². The van der Waals surface area contributed by atoms with Gasteiger partial charge in [0.15, 0.2) is 0 Å². The molecule has 0 fully saturated rings. The van der Waals surface area contributed by atoms with Crippen molar-refractivity contribution in [3.8, 4) is 11.8 Å². The van der Waals surface area contributed by atoms with E-state index < -0.39 is 11.7 Å². The molecule has 0 unspecified atom stereocenters. The topological polar surface area (TPSA) is 77.2 Å². The van der Waals surface area contributed by atoms with Gasteiger partial charge >= 0.3 is 6.09 Å². The predicted molar refractivity (Wildman–Crippen MR) is 74.5 cm³/mol. The maximum Gasteiger partial charge on any atom is 0.408 e. The number of anilines is 1. The zero-order valence-corrected chi connectivity index (χ0v) is 11.7. The Morgan fingerprint density at radius 3 is 2.79 bits per heavy atom. The molecule has 5 nitrogen and oxygen atoms in total. The number of ether oxygens (including phenoxy) is 1. The number of hydrogen-bond donors (Lipinski definition) is 2. The third kappa shape index (κ3) is 5.77. The van der Waals surface area contributed by atoms with E-state index in [-0.39, 0.29) is 6.54 Å². The Labute approximate surface area is 113 Å². The maximum absolute atomic E-state index is 11.3. The quantitative estimate of drug-likeness (QED) is 0.756. The molecule has 0 atom stereocenters. The van der Waals surface area contributed by atoms with Gasteiger partial charge in [0.25, 0.3) is 0 Å². The average molecular weight is 261 g/mol. The van der Waals surface area contributed by atoms with Gasteiger partial charge in [0.1, 0.15) is 11.3 Å². The third-order valence-electron chi connectivity index (χ3n) is 1.99. The summed E-state index contributed by atoms with van der Waals surface area (Å²) in [6, 6.07) is 3.58. The van der Waals surface area contributed by atoms with Crippen LogP contribution in [0.25, 0.3) is 0 Å². The molecule has 1 rings (SSSR count). The number of amides is 1. The van der Waals surface area contributed by atoms with Gasteiger partial charge in [-0.2, -0.15) is 0 Å². The Bertz CT molecular complexity index is 522. The fraction of sp³-hybridized carbons (Fsp3) is 0.429. The Morgan fingerprint density at radius 1 is 1.47 bits per heavy atom. The SMILES string of the molecule is Cc1ccc(N)c(C#CCNC(=O)OC(C)(C)C)n1. The fourth-order valence-electron chi connectivity index (χ4n) is 1.23. The summed E-state index contributed by atoms with van der Waals surface area (Å²) in [5.41, 5.74) is 7.11. The zero-order chi connectivity index (χ0) is 14.5. The summed E-state index contributed by atoms with van der Waals surface area (Å²) in [7, 11) is 0. The number of carbonyl (C=O) groups is 1. The Hall–Kier alpha value is -2.22. The smallest absolute Gasteiger partial charge is 0.408 e. The molecule has 3 N–H and O–H groups in total. The third-order valence-corrected chi connectivity index (χ3v) is 1.99. The second kappa shape index (κ2) is 6.10. The van der Waals surface area contributed by atoms with Crippen molar-refractivity contribution in [3.63, 3.8) is 0 Å². The summed E-state index contributed by atoms with van der Waals surface area (Å²) in [4.78, 5) is 15.6. The van der Waals surface area contributed by atoms with E-state index in [1.54, 1.807) is 26.8 Å². The van der Waals surface area contributed by atoms with Crippen LogP contribution in [0.5, 0.6) is 0 Å². The molecule has 5 heteroatoms. The molecule has 0 aliphatic carbocycles. The molecule has 19 heavy (non-hydrogen) atoms. The molecule has 1 heterocycles. The number of nitrogens with zero attached hydrogens (tertiary/aromatic N) is 1. The standard InChI is InChI=1S/C14H19N3O2/c1-10-7-8-11(15)12(17-10)6-5-9-16-13(18)19-14(2,3)4/h7-8H,9,15H2,1-4H3,(H,16,18). The van der Waals surface area contributed by atoms with Crippen LogP contribution in [0.1, 0.15) is 32.2 Å². The van der Waals surface area contributed by atoms with Crippen LogP contribution in [0, 0.1) is 18.8 Å². The molecule has 0 aromatic carbocycles. The van der Waals surface area contributed by atoms with E-state index >= 15 is 0 Å². The van der Waals surface area contributed by atoms with E-state index in [1.807, 2.05) is 13.0 Å². The minimum atomic E-state index is -0.514. The molecular weight excluding hydrogens is 242 g/mol. The number of aromatic nitrogens is 1. The number of hydrogen-bond acceptors (Lipinski definition) is 4. The van der Waals surface area contributed by atoms with E-state index in [0.29, 0.717) is 11.4 Å². The summed E-state index contributed by atoms with van der Waals surface area (Å²) in [6.07, 6.45) is -0.494. The largest absolute Gasteiger partial charge is 0.444 e. The lowest BCUT2D eigenvalue weighted by atomic mass is 10.2. The first kappa shape index (κ1) is 14.8. The molecule has 1 amide bonds. The van der Waals surface area contributed by atoms with Gasteiger partial charge < -0.3 is 15.8 Å².